The normalized spacial score (nSPS) is 11.6. The SMILES string of the molecule is CCCCC(=C[N+](CC)(CC)CC)CCCC. The number of nitrogens with zero attached hydrogens (tertiary/aromatic N) is 1. The average molecular weight is 240 g/mol. The van der Waals surface area contributed by atoms with Crippen molar-refractivity contribution in [1.29, 1.82) is 0 Å². The van der Waals surface area contributed by atoms with Crippen LogP contribution in [-0.2, 0) is 0 Å². The number of quaternary nitrogens is 1. The van der Waals surface area contributed by atoms with Gasteiger partial charge in [-0.25, -0.2) is 0 Å². The second kappa shape index (κ2) is 9.70. The van der Waals surface area contributed by atoms with Gasteiger partial charge in [0.05, 0.1) is 25.8 Å². The van der Waals surface area contributed by atoms with Crippen molar-refractivity contribution in [2.24, 2.45) is 0 Å². The van der Waals surface area contributed by atoms with Crippen LogP contribution in [0.15, 0.2) is 11.8 Å². The van der Waals surface area contributed by atoms with Gasteiger partial charge in [-0.1, -0.05) is 26.7 Å². The van der Waals surface area contributed by atoms with Gasteiger partial charge in [-0.3, -0.25) is 4.48 Å². The summed E-state index contributed by atoms with van der Waals surface area (Å²) in [5, 5.41) is 0. The first-order valence-electron chi connectivity index (χ1n) is 7.74. The maximum Gasteiger partial charge on any atom is 0.0950 e. The molecule has 0 aliphatic carbocycles. The lowest BCUT2D eigenvalue weighted by Gasteiger charge is -2.32. The van der Waals surface area contributed by atoms with E-state index in [0.717, 1.165) is 0 Å². The largest absolute Gasteiger partial charge is 0.298 e. The molecule has 0 unspecified atom stereocenters. The summed E-state index contributed by atoms with van der Waals surface area (Å²) in [6, 6.07) is 0. The van der Waals surface area contributed by atoms with Crippen molar-refractivity contribution in [3.63, 3.8) is 0 Å². The van der Waals surface area contributed by atoms with Gasteiger partial charge in [0.1, 0.15) is 0 Å². The van der Waals surface area contributed by atoms with Crippen LogP contribution in [0.25, 0.3) is 0 Å². The summed E-state index contributed by atoms with van der Waals surface area (Å²) in [5.74, 6) is 0. The van der Waals surface area contributed by atoms with Crippen LogP contribution < -0.4 is 0 Å². The van der Waals surface area contributed by atoms with Crippen LogP contribution in [-0.4, -0.2) is 24.1 Å². The first-order chi connectivity index (χ1) is 8.17. The van der Waals surface area contributed by atoms with E-state index in [2.05, 4.69) is 40.8 Å². The molecule has 0 radical (unpaired) electrons. The molecule has 0 aliphatic rings. The predicted octanol–water partition coefficient (Wildman–Crippen LogP) is 5.13. The smallest absolute Gasteiger partial charge is 0.0950 e. The molecule has 0 aromatic carbocycles. The summed E-state index contributed by atoms with van der Waals surface area (Å²) in [4.78, 5) is 0. The Morgan fingerprint density at radius 2 is 1.18 bits per heavy atom. The van der Waals surface area contributed by atoms with E-state index in [1.54, 1.807) is 5.57 Å². The standard InChI is InChI=1S/C16H34N/c1-6-11-13-16(14-12-7-2)15-17(8-3,9-4)10-5/h15H,6-14H2,1-5H3/q+1. The fraction of sp³-hybridized carbons (Fsp3) is 0.875. The zero-order valence-electron chi connectivity index (χ0n) is 12.9. The van der Waals surface area contributed by atoms with Crippen LogP contribution in [0.1, 0.15) is 73.1 Å². The van der Waals surface area contributed by atoms with E-state index in [1.807, 2.05) is 0 Å². The molecule has 102 valence electrons. The van der Waals surface area contributed by atoms with Crippen LogP contribution in [0.2, 0.25) is 0 Å². The van der Waals surface area contributed by atoms with Crippen molar-refractivity contribution in [2.45, 2.75) is 73.1 Å². The van der Waals surface area contributed by atoms with Gasteiger partial charge in [0.25, 0.3) is 0 Å². The Morgan fingerprint density at radius 1 is 0.765 bits per heavy atom. The van der Waals surface area contributed by atoms with Gasteiger partial charge < -0.3 is 0 Å². The highest BCUT2D eigenvalue weighted by molar-refractivity contribution is 4.98. The van der Waals surface area contributed by atoms with Gasteiger partial charge in [0.15, 0.2) is 0 Å². The van der Waals surface area contributed by atoms with Crippen LogP contribution in [0.5, 0.6) is 0 Å². The molecule has 0 amide bonds. The van der Waals surface area contributed by atoms with Crippen molar-refractivity contribution in [2.75, 3.05) is 19.6 Å². The van der Waals surface area contributed by atoms with Crippen molar-refractivity contribution in [3.05, 3.63) is 11.8 Å². The van der Waals surface area contributed by atoms with Crippen LogP contribution >= 0.6 is 0 Å². The van der Waals surface area contributed by atoms with Crippen molar-refractivity contribution in [3.8, 4) is 0 Å². The minimum atomic E-state index is 1.17. The number of hydrogen-bond acceptors (Lipinski definition) is 0. The lowest BCUT2D eigenvalue weighted by Crippen LogP contribution is -2.42. The molecule has 1 nitrogen and oxygen atoms in total. The maximum absolute atomic E-state index is 2.59. The van der Waals surface area contributed by atoms with E-state index in [0.29, 0.717) is 0 Å². The highest BCUT2D eigenvalue weighted by Gasteiger charge is 2.18. The Labute approximate surface area is 109 Å². The molecule has 0 saturated heterocycles. The molecule has 1 heteroatoms. The summed E-state index contributed by atoms with van der Waals surface area (Å²) in [6.45, 7) is 15.2. The number of unbranched alkanes of at least 4 members (excludes halogenated alkanes) is 2. The first kappa shape index (κ1) is 16.7. The third-order valence-electron chi connectivity index (χ3n) is 4.05. The van der Waals surface area contributed by atoms with E-state index < -0.39 is 0 Å². The van der Waals surface area contributed by atoms with Crippen molar-refractivity contribution in [1.82, 2.24) is 0 Å². The minimum Gasteiger partial charge on any atom is -0.298 e. The Bertz CT molecular complexity index is 183. The third-order valence-corrected chi connectivity index (χ3v) is 4.05. The van der Waals surface area contributed by atoms with E-state index >= 15 is 0 Å². The summed E-state index contributed by atoms with van der Waals surface area (Å²) < 4.78 is 1.17. The Kier molecular flexibility index (Phi) is 9.53. The second-order valence-corrected chi connectivity index (χ2v) is 5.16. The Hall–Kier alpha value is -0.300. The molecule has 17 heavy (non-hydrogen) atoms. The monoisotopic (exact) mass is 240 g/mol. The van der Waals surface area contributed by atoms with Crippen molar-refractivity contribution < 1.29 is 4.48 Å². The summed E-state index contributed by atoms with van der Waals surface area (Å²) >= 11 is 0. The lowest BCUT2D eigenvalue weighted by molar-refractivity contribution is -0.874. The first-order valence-corrected chi connectivity index (χ1v) is 7.74. The molecule has 0 heterocycles. The summed E-state index contributed by atoms with van der Waals surface area (Å²) in [6.07, 6.45) is 10.6. The van der Waals surface area contributed by atoms with E-state index in [-0.39, 0.29) is 0 Å². The van der Waals surface area contributed by atoms with Crippen molar-refractivity contribution >= 4 is 0 Å². The highest BCUT2D eigenvalue weighted by Crippen LogP contribution is 2.19. The molecule has 0 bridgehead atoms. The zero-order chi connectivity index (χ0) is 13.1. The molecular weight excluding hydrogens is 206 g/mol. The third kappa shape index (κ3) is 6.26. The van der Waals surface area contributed by atoms with Gasteiger partial charge >= 0.3 is 0 Å². The molecule has 0 aromatic rings. The average Bonchev–Trinajstić information content (AvgIpc) is 2.38. The second-order valence-electron chi connectivity index (χ2n) is 5.16. The molecule has 0 N–H and O–H groups in total. The quantitative estimate of drug-likeness (QED) is 0.465. The maximum atomic E-state index is 2.59. The van der Waals surface area contributed by atoms with E-state index in [1.165, 1.54) is 62.6 Å². The number of hydrogen-bond donors (Lipinski definition) is 0. The zero-order valence-corrected chi connectivity index (χ0v) is 12.9. The fourth-order valence-corrected chi connectivity index (χ4v) is 2.39. The molecule has 0 spiro atoms. The van der Waals surface area contributed by atoms with Gasteiger partial charge in [-0.2, -0.15) is 0 Å². The van der Waals surface area contributed by atoms with Gasteiger partial charge in [0.2, 0.25) is 0 Å². The number of rotatable bonds is 10. The van der Waals surface area contributed by atoms with Crippen LogP contribution in [0.4, 0.5) is 0 Å². The molecule has 0 aliphatic heterocycles. The molecular formula is C16H34N+. The molecule has 0 saturated carbocycles. The molecule has 0 aromatic heterocycles. The fourth-order valence-electron chi connectivity index (χ4n) is 2.39. The van der Waals surface area contributed by atoms with E-state index in [9.17, 15) is 0 Å². The van der Waals surface area contributed by atoms with E-state index in [4.69, 9.17) is 0 Å². The van der Waals surface area contributed by atoms with Gasteiger partial charge in [0, 0.05) is 0 Å². The lowest BCUT2D eigenvalue weighted by atomic mass is 10.0. The van der Waals surface area contributed by atoms with Crippen LogP contribution in [0, 0.1) is 0 Å². The molecule has 0 fully saturated rings. The van der Waals surface area contributed by atoms with Crippen LogP contribution in [0.3, 0.4) is 0 Å². The van der Waals surface area contributed by atoms with Gasteiger partial charge in [-0.15, -0.1) is 0 Å². The highest BCUT2D eigenvalue weighted by atomic mass is 15.3. The topological polar surface area (TPSA) is 0 Å². The Balaban J connectivity index is 4.70. The minimum absolute atomic E-state index is 1.17. The number of allylic oxidation sites excluding steroid dienone is 1. The predicted molar refractivity (Wildman–Crippen MR) is 79.0 cm³/mol. The summed E-state index contributed by atoms with van der Waals surface area (Å²) in [7, 11) is 0. The molecule has 0 rings (SSSR count). The van der Waals surface area contributed by atoms with Gasteiger partial charge in [-0.05, 0) is 52.0 Å². The Morgan fingerprint density at radius 3 is 1.47 bits per heavy atom. The molecule has 0 atom stereocenters. The summed E-state index contributed by atoms with van der Waals surface area (Å²) in [5.41, 5.74) is 1.71.